The van der Waals surface area contributed by atoms with E-state index < -0.39 is 0 Å². The molecule has 0 atom stereocenters. The molecule has 108 valence electrons. The van der Waals surface area contributed by atoms with Crippen LogP contribution < -0.4 is 5.32 Å². The highest BCUT2D eigenvalue weighted by atomic mass is 32.2. The fourth-order valence-corrected chi connectivity index (χ4v) is 2.36. The van der Waals surface area contributed by atoms with Crippen molar-refractivity contribution in [3.63, 3.8) is 0 Å². The first kappa shape index (κ1) is 14.6. The van der Waals surface area contributed by atoms with Gasteiger partial charge in [-0.2, -0.15) is 0 Å². The second-order valence-corrected chi connectivity index (χ2v) is 6.37. The van der Waals surface area contributed by atoms with Crippen molar-refractivity contribution >= 4 is 17.7 Å². The maximum Gasteiger partial charge on any atom is 0.230 e. The zero-order valence-corrected chi connectivity index (χ0v) is 12.8. The molecule has 0 bridgehead atoms. The molecule has 0 aliphatic heterocycles. The van der Waals surface area contributed by atoms with Gasteiger partial charge < -0.3 is 14.3 Å². The Kier molecular flexibility index (Phi) is 4.17. The van der Waals surface area contributed by atoms with E-state index in [0.29, 0.717) is 22.5 Å². The topological polar surface area (TPSA) is 73.0 Å². The molecular formula is C13H18N4O2S. The average Bonchev–Trinajstić information content (AvgIpc) is 2.93. The summed E-state index contributed by atoms with van der Waals surface area (Å²) < 4.78 is 7.11. The Labute approximate surface area is 121 Å². The molecule has 0 aliphatic carbocycles. The lowest BCUT2D eigenvalue weighted by Crippen LogP contribution is -2.41. The number of hydrogen-bond acceptors (Lipinski definition) is 5. The highest BCUT2D eigenvalue weighted by Crippen LogP contribution is 2.22. The maximum absolute atomic E-state index is 11.8. The molecular weight excluding hydrogens is 276 g/mol. The van der Waals surface area contributed by atoms with Crippen molar-refractivity contribution in [3.05, 3.63) is 18.4 Å². The van der Waals surface area contributed by atoms with Crippen LogP contribution in [0.3, 0.4) is 0 Å². The van der Waals surface area contributed by atoms with Crippen molar-refractivity contribution in [3.8, 4) is 11.6 Å². The number of furan rings is 1. The lowest BCUT2D eigenvalue weighted by Gasteiger charge is -2.20. The minimum absolute atomic E-state index is 0.0231. The first-order valence-electron chi connectivity index (χ1n) is 6.24. The zero-order chi connectivity index (χ0) is 14.8. The van der Waals surface area contributed by atoms with Crippen LogP contribution in [-0.2, 0) is 11.8 Å². The molecule has 0 aliphatic rings. The number of thioether (sulfide) groups is 1. The Morgan fingerprint density at radius 1 is 1.45 bits per heavy atom. The summed E-state index contributed by atoms with van der Waals surface area (Å²) >= 11 is 1.35. The molecule has 7 heteroatoms. The Morgan fingerprint density at radius 2 is 2.20 bits per heavy atom. The van der Waals surface area contributed by atoms with Crippen LogP contribution >= 0.6 is 11.8 Å². The summed E-state index contributed by atoms with van der Waals surface area (Å²) in [6.45, 7) is 5.85. The Morgan fingerprint density at radius 3 is 2.80 bits per heavy atom. The summed E-state index contributed by atoms with van der Waals surface area (Å²) in [6.07, 6.45) is 1.59. The van der Waals surface area contributed by atoms with Crippen molar-refractivity contribution in [1.82, 2.24) is 20.1 Å². The van der Waals surface area contributed by atoms with Gasteiger partial charge in [-0.25, -0.2) is 0 Å². The van der Waals surface area contributed by atoms with Gasteiger partial charge >= 0.3 is 0 Å². The van der Waals surface area contributed by atoms with Gasteiger partial charge in [-0.05, 0) is 32.9 Å². The van der Waals surface area contributed by atoms with Gasteiger partial charge in [0.2, 0.25) is 5.91 Å². The number of amides is 1. The number of carbonyl (C=O) groups is 1. The third-order valence-electron chi connectivity index (χ3n) is 2.42. The van der Waals surface area contributed by atoms with E-state index in [1.807, 2.05) is 38.5 Å². The molecule has 2 aromatic heterocycles. The molecule has 0 radical (unpaired) electrons. The summed E-state index contributed by atoms with van der Waals surface area (Å²) in [5, 5.41) is 11.7. The molecule has 0 unspecified atom stereocenters. The molecule has 20 heavy (non-hydrogen) atoms. The first-order chi connectivity index (χ1) is 9.37. The first-order valence-corrected chi connectivity index (χ1v) is 7.22. The molecule has 0 fully saturated rings. The smallest absolute Gasteiger partial charge is 0.230 e. The van der Waals surface area contributed by atoms with E-state index in [-0.39, 0.29) is 11.4 Å². The van der Waals surface area contributed by atoms with Crippen LogP contribution in [0.15, 0.2) is 28.0 Å². The SMILES string of the molecule is Cn1c(SCC(=O)NC(C)(C)C)nnc1-c1ccco1. The van der Waals surface area contributed by atoms with Gasteiger partial charge in [0.25, 0.3) is 0 Å². The van der Waals surface area contributed by atoms with Crippen molar-refractivity contribution in [2.24, 2.45) is 7.05 Å². The second-order valence-electron chi connectivity index (χ2n) is 5.43. The quantitative estimate of drug-likeness (QED) is 0.874. The Balaban J connectivity index is 2.00. The van der Waals surface area contributed by atoms with Gasteiger partial charge in [0.05, 0.1) is 12.0 Å². The number of nitrogens with one attached hydrogen (secondary N) is 1. The summed E-state index contributed by atoms with van der Waals surface area (Å²) in [6, 6.07) is 3.62. The van der Waals surface area contributed by atoms with Crippen LogP contribution in [0.1, 0.15) is 20.8 Å². The number of nitrogens with zero attached hydrogens (tertiary/aromatic N) is 3. The van der Waals surface area contributed by atoms with E-state index in [1.54, 1.807) is 12.3 Å². The number of hydrogen-bond donors (Lipinski definition) is 1. The van der Waals surface area contributed by atoms with E-state index in [0.717, 1.165) is 0 Å². The standard InChI is InChI=1S/C13H18N4O2S/c1-13(2,3)14-10(18)8-20-12-16-15-11(17(12)4)9-6-5-7-19-9/h5-7H,8H2,1-4H3,(H,14,18). The second kappa shape index (κ2) is 5.70. The summed E-state index contributed by atoms with van der Waals surface area (Å²) in [5.74, 6) is 1.59. The largest absolute Gasteiger partial charge is 0.461 e. The molecule has 1 amide bonds. The van der Waals surface area contributed by atoms with Crippen molar-refractivity contribution in [2.45, 2.75) is 31.5 Å². The van der Waals surface area contributed by atoms with E-state index in [4.69, 9.17) is 4.42 Å². The Bertz CT molecular complexity index is 584. The highest BCUT2D eigenvalue weighted by Gasteiger charge is 2.17. The van der Waals surface area contributed by atoms with Crippen LogP contribution in [0.4, 0.5) is 0 Å². The summed E-state index contributed by atoms with van der Waals surface area (Å²) in [4.78, 5) is 11.8. The third kappa shape index (κ3) is 3.63. The van der Waals surface area contributed by atoms with Gasteiger partial charge in [0.1, 0.15) is 0 Å². The van der Waals surface area contributed by atoms with E-state index in [2.05, 4.69) is 15.5 Å². The molecule has 0 spiro atoms. The molecule has 0 saturated heterocycles. The van der Waals surface area contributed by atoms with Gasteiger partial charge in [0, 0.05) is 12.6 Å². The lowest BCUT2D eigenvalue weighted by atomic mass is 10.1. The molecule has 0 saturated carbocycles. The lowest BCUT2D eigenvalue weighted by molar-refractivity contribution is -0.119. The predicted molar refractivity (Wildman–Crippen MR) is 77.3 cm³/mol. The Hall–Kier alpha value is -1.76. The number of carbonyl (C=O) groups excluding carboxylic acids is 1. The van der Waals surface area contributed by atoms with Crippen molar-refractivity contribution < 1.29 is 9.21 Å². The van der Waals surface area contributed by atoms with Gasteiger partial charge in [-0.3, -0.25) is 4.79 Å². The third-order valence-corrected chi connectivity index (χ3v) is 3.44. The van der Waals surface area contributed by atoms with Gasteiger partial charge in [-0.15, -0.1) is 10.2 Å². The van der Waals surface area contributed by atoms with Crippen molar-refractivity contribution in [2.75, 3.05) is 5.75 Å². The summed E-state index contributed by atoms with van der Waals surface area (Å²) in [5.41, 5.74) is -0.225. The molecule has 2 aromatic rings. The minimum atomic E-state index is -0.225. The maximum atomic E-state index is 11.8. The molecule has 6 nitrogen and oxygen atoms in total. The molecule has 1 N–H and O–H groups in total. The highest BCUT2D eigenvalue weighted by molar-refractivity contribution is 7.99. The predicted octanol–water partition coefficient (Wildman–Crippen LogP) is 2.08. The van der Waals surface area contributed by atoms with Crippen LogP contribution in [0.25, 0.3) is 11.6 Å². The van der Waals surface area contributed by atoms with Crippen molar-refractivity contribution in [1.29, 1.82) is 0 Å². The average molecular weight is 294 g/mol. The van der Waals surface area contributed by atoms with Crippen LogP contribution in [-0.4, -0.2) is 32.0 Å². The monoisotopic (exact) mass is 294 g/mol. The van der Waals surface area contributed by atoms with Gasteiger partial charge in [-0.1, -0.05) is 11.8 Å². The summed E-state index contributed by atoms with van der Waals surface area (Å²) in [7, 11) is 1.85. The molecule has 2 heterocycles. The minimum Gasteiger partial charge on any atom is -0.461 e. The fraction of sp³-hybridized carbons (Fsp3) is 0.462. The van der Waals surface area contributed by atoms with Crippen LogP contribution in [0.5, 0.6) is 0 Å². The van der Waals surface area contributed by atoms with Crippen LogP contribution in [0, 0.1) is 0 Å². The van der Waals surface area contributed by atoms with Crippen LogP contribution in [0.2, 0.25) is 0 Å². The van der Waals surface area contributed by atoms with E-state index >= 15 is 0 Å². The normalized spacial score (nSPS) is 11.6. The number of aromatic nitrogens is 3. The van der Waals surface area contributed by atoms with Gasteiger partial charge in [0.15, 0.2) is 16.7 Å². The fourth-order valence-electron chi connectivity index (χ4n) is 1.65. The van der Waals surface area contributed by atoms with E-state index in [9.17, 15) is 4.79 Å². The molecule has 0 aromatic carbocycles. The molecule has 2 rings (SSSR count). The number of rotatable bonds is 4. The van der Waals surface area contributed by atoms with E-state index in [1.165, 1.54) is 11.8 Å². The zero-order valence-electron chi connectivity index (χ0n) is 12.0.